The van der Waals surface area contributed by atoms with Gasteiger partial charge in [0.05, 0.1) is 22.4 Å². The van der Waals surface area contributed by atoms with Crippen LogP contribution in [0.25, 0.3) is 33.5 Å². The monoisotopic (exact) mass is 398 g/mol. The molecule has 5 heteroatoms. The number of rotatable bonds is 5. The first-order valence-corrected chi connectivity index (χ1v) is 10.1. The van der Waals surface area contributed by atoms with Crippen LogP contribution in [0.15, 0.2) is 78.9 Å². The van der Waals surface area contributed by atoms with Crippen molar-refractivity contribution in [3.8, 4) is 22.5 Å². The molecule has 0 amide bonds. The fourth-order valence-electron chi connectivity index (χ4n) is 3.14. The zero-order chi connectivity index (χ0) is 20.1. The summed E-state index contributed by atoms with van der Waals surface area (Å²) in [7, 11) is 0. The fourth-order valence-corrected chi connectivity index (χ4v) is 3.36. The summed E-state index contributed by atoms with van der Waals surface area (Å²) in [5.41, 5.74) is 6.41. The van der Waals surface area contributed by atoms with Crippen molar-refractivity contribution in [2.45, 2.75) is 13.3 Å². The number of nitrogens with one attached hydrogen (secondary N) is 2. The van der Waals surface area contributed by atoms with Crippen LogP contribution in [0.5, 0.6) is 0 Å². The number of aromatic nitrogens is 2. The molecule has 4 nitrogen and oxygen atoms in total. The van der Waals surface area contributed by atoms with E-state index in [2.05, 4.69) is 41.8 Å². The maximum Gasteiger partial charge on any atom is 0.170 e. The van der Waals surface area contributed by atoms with E-state index in [1.165, 1.54) is 0 Å². The molecule has 2 N–H and O–H groups in total. The molecule has 29 heavy (non-hydrogen) atoms. The van der Waals surface area contributed by atoms with Crippen molar-refractivity contribution < 1.29 is 0 Å². The molecule has 0 bridgehead atoms. The van der Waals surface area contributed by atoms with Crippen LogP contribution in [0.3, 0.4) is 0 Å². The maximum atomic E-state index is 5.35. The Morgan fingerprint density at radius 3 is 1.97 bits per heavy atom. The average Bonchev–Trinajstić information content (AvgIpc) is 2.78. The Morgan fingerprint density at radius 2 is 1.38 bits per heavy atom. The van der Waals surface area contributed by atoms with Gasteiger partial charge in [-0.05, 0) is 36.8 Å². The molecule has 0 saturated heterocycles. The molecule has 0 saturated carbocycles. The van der Waals surface area contributed by atoms with Gasteiger partial charge in [0.15, 0.2) is 5.11 Å². The molecule has 0 radical (unpaired) electrons. The number of benzene rings is 3. The first kappa shape index (κ1) is 19.0. The lowest BCUT2D eigenvalue weighted by molar-refractivity contribution is 0.846. The van der Waals surface area contributed by atoms with Crippen LogP contribution in [-0.2, 0) is 0 Å². The second-order valence-corrected chi connectivity index (χ2v) is 7.15. The summed E-state index contributed by atoms with van der Waals surface area (Å²) in [5, 5.41) is 7.02. The quantitative estimate of drug-likeness (QED) is 0.425. The van der Waals surface area contributed by atoms with E-state index in [-0.39, 0.29) is 0 Å². The van der Waals surface area contributed by atoms with Crippen LogP contribution in [0.4, 0.5) is 5.69 Å². The van der Waals surface area contributed by atoms with Gasteiger partial charge in [-0.1, -0.05) is 67.6 Å². The lowest BCUT2D eigenvalue weighted by atomic mass is 10.0. The number of nitrogens with zero attached hydrogens (tertiary/aromatic N) is 2. The molecule has 1 aromatic heterocycles. The summed E-state index contributed by atoms with van der Waals surface area (Å²) in [6.45, 7) is 2.95. The van der Waals surface area contributed by atoms with E-state index >= 15 is 0 Å². The molecule has 3 aromatic carbocycles. The summed E-state index contributed by atoms with van der Waals surface area (Å²) >= 11 is 5.35. The molecule has 0 aliphatic carbocycles. The first-order chi connectivity index (χ1) is 14.2. The highest BCUT2D eigenvalue weighted by atomic mass is 32.1. The first-order valence-electron chi connectivity index (χ1n) is 9.72. The summed E-state index contributed by atoms with van der Waals surface area (Å²) in [6, 6.07) is 26.3. The zero-order valence-electron chi connectivity index (χ0n) is 16.2. The summed E-state index contributed by atoms with van der Waals surface area (Å²) in [5.74, 6) is 0. The minimum atomic E-state index is 0.614. The Balaban J connectivity index is 1.79. The number of hydrogen-bond acceptors (Lipinski definition) is 3. The highest BCUT2D eigenvalue weighted by molar-refractivity contribution is 7.80. The van der Waals surface area contributed by atoms with Gasteiger partial charge in [-0.15, -0.1) is 0 Å². The van der Waals surface area contributed by atoms with E-state index in [1.807, 2.05) is 54.6 Å². The molecular weight excluding hydrogens is 376 g/mol. The predicted octanol–water partition coefficient (Wildman–Crippen LogP) is 5.66. The molecule has 0 fully saturated rings. The normalized spacial score (nSPS) is 10.7. The van der Waals surface area contributed by atoms with E-state index < -0.39 is 0 Å². The van der Waals surface area contributed by atoms with Crippen molar-refractivity contribution in [2.24, 2.45) is 0 Å². The van der Waals surface area contributed by atoms with Crippen LogP contribution in [0.1, 0.15) is 13.3 Å². The van der Waals surface area contributed by atoms with Crippen molar-refractivity contribution in [3.63, 3.8) is 0 Å². The molecule has 0 unspecified atom stereocenters. The smallest absolute Gasteiger partial charge is 0.170 e. The molecule has 0 aliphatic rings. The highest BCUT2D eigenvalue weighted by Gasteiger charge is 2.13. The van der Waals surface area contributed by atoms with E-state index in [1.54, 1.807) is 0 Å². The molecule has 4 rings (SSSR count). The third kappa shape index (κ3) is 4.41. The van der Waals surface area contributed by atoms with E-state index in [0.717, 1.165) is 52.2 Å². The molecular formula is C24H22N4S. The SMILES string of the molecule is CCCNC(=S)Nc1ccc2nc(-c3ccccc3)c(-c3ccccc3)nc2c1. The molecule has 144 valence electrons. The summed E-state index contributed by atoms with van der Waals surface area (Å²) in [4.78, 5) is 9.94. The largest absolute Gasteiger partial charge is 0.362 e. The van der Waals surface area contributed by atoms with E-state index in [9.17, 15) is 0 Å². The van der Waals surface area contributed by atoms with Crippen molar-refractivity contribution in [1.82, 2.24) is 15.3 Å². The van der Waals surface area contributed by atoms with Gasteiger partial charge in [-0.3, -0.25) is 0 Å². The van der Waals surface area contributed by atoms with Gasteiger partial charge >= 0.3 is 0 Å². The summed E-state index contributed by atoms with van der Waals surface area (Å²) < 4.78 is 0. The zero-order valence-corrected chi connectivity index (χ0v) is 17.0. The fraction of sp³-hybridized carbons (Fsp3) is 0.125. The third-order valence-corrected chi connectivity index (χ3v) is 4.80. The molecule has 0 aliphatic heterocycles. The predicted molar refractivity (Wildman–Crippen MR) is 125 cm³/mol. The van der Waals surface area contributed by atoms with Gasteiger partial charge in [0, 0.05) is 23.4 Å². The lowest BCUT2D eigenvalue weighted by Crippen LogP contribution is -2.28. The van der Waals surface area contributed by atoms with E-state index in [0.29, 0.717) is 5.11 Å². The molecule has 0 atom stereocenters. The minimum absolute atomic E-state index is 0.614. The Labute approximate surface area is 176 Å². The minimum Gasteiger partial charge on any atom is -0.362 e. The van der Waals surface area contributed by atoms with Crippen LogP contribution in [-0.4, -0.2) is 21.6 Å². The summed E-state index contributed by atoms with van der Waals surface area (Å²) in [6.07, 6.45) is 1.02. The van der Waals surface area contributed by atoms with Crippen LogP contribution in [0, 0.1) is 0 Å². The van der Waals surface area contributed by atoms with Gasteiger partial charge in [-0.2, -0.15) is 0 Å². The van der Waals surface area contributed by atoms with Crippen molar-refractivity contribution in [1.29, 1.82) is 0 Å². The van der Waals surface area contributed by atoms with Crippen molar-refractivity contribution in [3.05, 3.63) is 78.9 Å². The third-order valence-electron chi connectivity index (χ3n) is 4.55. The number of hydrogen-bond donors (Lipinski definition) is 2. The lowest BCUT2D eigenvalue weighted by Gasteiger charge is -2.13. The van der Waals surface area contributed by atoms with Gasteiger partial charge in [0.25, 0.3) is 0 Å². The Hall–Kier alpha value is -3.31. The van der Waals surface area contributed by atoms with Crippen LogP contribution >= 0.6 is 12.2 Å². The number of anilines is 1. The van der Waals surface area contributed by atoms with Gasteiger partial charge in [0.1, 0.15) is 0 Å². The van der Waals surface area contributed by atoms with Crippen molar-refractivity contribution in [2.75, 3.05) is 11.9 Å². The Morgan fingerprint density at radius 1 is 0.793 bits per heavy atom. The topological polar surface area (TPSA) is 49.8 Å². The second-order valence-electron chi connectivity index (χ2n) is 6.74. The van der Waals surface area contributed by atoms with Crippen LogP contribution in [0.2, 0.25) is 0 Å². The maximum absolute atomic E-state index is 5.35. The van der Waals surface area contributed by atoms with Gasteiger partial charge in [0.2, 0.25) is 0 Å². The molecule has 4 aromatic rings. The van der Waals surface area contributed by atoms with Gasteiger partial charge in [-0.25, -0.2) is 9.97 Å². The Bertz CT molecular complexity index is 1130. The van der Waals surface area contributed by atoms with E-state index in [4.69, 9.17) is 22.2 Å². The van der Waals surface area contributed by atoms with Gasteiger partial charge < -0.3 is 10.6 Å². The van der Waals surface area contributed by atoms with Crippen LogP contribution < -0.4 is 10.6 Å². The highest BCUT2D eigenvalue weighted by Crippen LogP contribution is 2.31. The standard InChI is InChI=1S/C24H22N4S/c1-2-15-25-24(29)26-19-13-14-20-21(16-19)28-23(18-11-7-4-8-12-18)22(27-20)17-9-5-3-6-10-17/h3-14,16H,2,15H2,1H3,(H2,25,26,29). The number of thiocarbonyl (C=S) groups is 1. The molecule has 0 spiro atoms. The average molecular weight is 399 g/mol. The Kier molecular flexibility index (Phi) is 5.77. The number of fused-ring (bicyclic) bond motifs is 1. The molecule has 1 heterocycles. The van der Waals surface area contributed by atoms with Crippen molar-refractivity contribution >= 4 is 34.1 Å². The second kappa shape index (κ2) is 8.80.